The molecule has 3 amide bonds. The number of nitrogens with zero attached hydrogens (tertiary/aromatic N) is 3. The monoisotopic (exact) mass is 421 g/mol. The second kappa shape index (κ2) is 9.13. The van der Waals surface area contributed by atoms with Gasteiger partial charge in [-0.25, -0.2) is 4.79 Å². The summed E-state index contributed by atoms with van der Waals surface area (Å²) in [4.78, 5) is 24.6. The largest absolute Gasteiger partial charge is 0.341 e. The number of thioether (sulfide) groups is 1. The Balaban J connectivity index is 1.65. The molecular weight excluding hydrogens is 398 g/mol. The zero-order chi connectivity index (χ0) is 20.9. The number of benzene rings is 2. The predicted molar refractivity (Wildman–Crippen MR) is 115 cm³/mol. The van der Waals surface area contributed by atoms with Crippen LogP contribution in [-0.2, 0) is 11.3 Å². The van der Waals surface area contributed by atoms with Gasteiger partial charge in [-0.15, -0.1) is 10.2 Å². The van der Waals surface area contributed by atoms with Crippen LogP contribution in [0.15, 0.2) is 65.8 Å². The van der Waals surface area contributed by atoms with Gasteiger partial charge in [0.1, 0.15) is 11.1 Å². The van der Waals surface area contributed by atoms with E-state index in [1.807, 2.05) is 48.5 Å². The molecule has 8 heteroatoms. The third-order valence-electron chi connectivity index (χ3n) is 4.90. The van der Waals surface area contributed by atoms with Crippen LogP contribution in [0.4, 0.5) is 4.79 Å². The molecule has 2 N–H and O–H groups in total. The minimum atomic E-state index is -0.630. The number of hydrogen-bond donors (Lipinski definition) is 2. The lowest BCUT2D eigenvalue weighted by molar-refractivity contribution is -0.119. The van der Waals surface area contributed by atoms with Gasteiger partial charge in [0.25, 0.3) is 0 Å². The first-order valence-corrected chi connectivity index (χ1v) is 10.7. The summed E-state index contributed by atoms with van der Waals surface area (Å²) < 4.78 is 2.10. The number of urea groups is 1. The zero-order valence-corrected chi connectivity index (χ0v) is 17.4. The second-order valence-electron chi connectivity index (χ2n) is 7.16. The van der Waals surface area contributed by atoms with Gasteiger partial charge in [0.05, 0.1) is 6.54 Å². The first kappa shape index (κ1) is 20.2. The molecule has 1 aromatic heterocycles. The average Bonchev–Trinajstić information content (AvgIpc) is 3.55. The molecule has 3 aromatic rings. The topological polar surface area (TPSA) is 88.9 Å². The molecule has 1 atom stereocenters. The van der Waals surface area contributed by atoms with Gasteiger partial charge in [-0.05, 0) is 24.0 Å². The van der Waals surface area contributed by atoms with Crippen LogP contribution in [0.3, 0.4) is 0 Å². The molecule has 1 unspecified atom stereocenters. The van der Waals surface area contributed by atoms with Gasteiger partial charge in [-0.3, -0.25) is 10.1 Å². The number of rotatable bonds is 7. The van der Waals surface area contributed by atoms with E-state index in [1.165, 1.54) is 18.8 Å². The standard InChI is InChI=1S/C22H23N5O2S/c1-23-21(29)24-20(28)18(16-10-6-3-7-11-16)30-22-26-25-19(17-12-13-17)27(22)14-15-8-4-2-5-9-15/h2-11,17-18H,12-14H2,1H3,(H2,23,24,28,29). The Morgan fingerprint density at radius 2 is 1.73 bits per heavy atom. The maximum Gasteiger partial charge on any atom is 0.321 e. The number of carbonyl (C=O) groups is 2. The minimum Gasteiger partial charge on any atom is -0.341 e. The van der Waals surface area contributed by atoms with Crippen LogP contribution in [0.2, 0.25) is 0 Å². The van der Waals surface area contributed by atoms with E-state index < -0.39 is 17.2 Å². The highest BCUT2D eigenvalue weighted by atomic mass is 32.2. The zero-order valence-electron chi connectivity index (χ0n) is 16.6. The number of amides is 3. The minimum absolute atomic E-state index is 0.396. The van der Waals surface area contributed by atoms with Gasteiger partial charge in [0, 0.05) is 13.0 Å². The molecule has 1 aliphatic carbocycles. The third kappa shape index (κ3) is 4.71. The molecule has 1 aliphatic rings. The fraction of sp³-hybridized carbons (Fsp3) is 0.273. The summed E-state index contributed by atoms with van der Waals surface area (Å²) in [7, 11) is 1.48. The Morgan fingerprint density at radius 3 is 2.37 bits per heavy atom. The van der Waals surface area contributed by atoms with Crippen molar-refractivity contribution in [2.24, 2.45) is 0 Å². The number of carbonyl (C=O) groups excluding carboxylic acids is 2. The molecule has 0 saturated heterocycles. The van der Waals surface area contributed by atoms with Gasteiger partial charge in [-0.2, -0.15) is 0 Å². The number of imide groups is 1. The van der Waals surface area contributed by atoms with Crippen LogP contribution in [0.25, 0.3) is 0 Å². The predicted octanol–water partition coefficient (Wildman–Crippen LogP) is 3.49. The molecule has 0 radical (unpaired) electrons. The molecule has 30 heavy (non-hydrogen) atoms. The van der Waals surface area contributed by atoms with Crippen LogP contribution >= 0.6 is 11.8 Å². The SMILES string of the molecule is CNC(=O)NC(=O)C(Sc1nnc(C2CC2)n1Cc1ccccc1)c1ccccc1. The Morgan fingerprint density at radius 1 is 1.07 bits per heavy atom. The maximum absolute atomic E-state index is 12.9. The van der Waals surface area contributed by atoms with Gasteiger partial charge in [-0.1, -0.05) is 72.4 Å². The van der Waals surface area contributed by atoms with E-state index in [-0.39, 0.29) is 0 Å². The Labute approximate surface area is 179 Å². The van der Waals surface area contributed by atoms with Crippen molar-refractivity contribution in [1.82, 2.24) is 25.4 Å². The number of nitrogens with one attached hydrogen (secondary N) is 2. The third-order valence-corrected chi connectivity index (χ3v) is 6.13. The van der Waals surface area contributed by atoms with Gasteiger partial charge in [0.2, 0.25) is 5.91 Å². The summed E-state index contributed by atoms with van der Waals surface area (Å²) in [5.41, 5.74) is 1.94. The fourth-order valence-corrected chi connectivity index (χ4v) is 4.23. The van der Waals surface area contributed by atoms with Gasteiger partial charge < -0.3 is 9.88 Å². The molecule has 4 rings (SSSR count). The van der Waals surface area contributed by atoms with E-state index in [1.54, 1.807) is 0 Å². The van der Waals surface area contributed by atoms with Crippen molar-refractivity contribution in [3.8, 4) is 0 Å². The van der Waals surface area contributed by atoms with Crippen molar-refractivity contribution in [2.75, 3.05) is 7.05 Å². The molecule has 0 spiro atoms. The molecular formula is C22H23N5O2S. The summed E-state index contributed by atoms with van der Waals surface area (Å²) >= 11 is 1.31. The van der Waals surface area contributed by atoms with E-state index in [0.717, 1.165) is 29.8 Å². The van der Waals surface area contributed by atoms with Crippen molar-refractivity contribution in [1.29, 1.82) is 0 Å². The van der Waals surface area contributed by atoms with E-state index in [2.05, 4.69) is 37.5 Å². The Hall–Kier alpha value is -3.13. The molecule has 1 saturated carbocycles. The highest BCUT2D eigenvalue weighted by Crippen LogP contribution is 2.42. The van der Waals surface area contributed by atoms with Gasteiger partial charge in [0.15, 0.2) is 5.16 Å². The van der Waals surface area contributed by atoms with Crippen molar-refractivity contribution in [3.05, 3.63) is 77.6 Å². The van der Waals surface area contributed by atoms with E-state index >= 15 is 0 Å². The lowest BCUT2D eigenvalue weighted by Crippen LogP contribution is -2.39. The average molecular weight is 422 g/mol. The first-order chi connectivity index (χ1) is 14.7. The summed E-state index contributed by atoms with van der Waals surface area (Å²) in [5, 5.41) is 13.7. The molecule has 1 heterocycles. The van der Waals surface area contributed by atoms with Crippen molar-refractivity contribution in [2.45, 2.75) is 35.7 Å². The normalized spacial score (nSPS) is 14.2. The van der Waals surface area contributed by atoms with Crippen molar-refractivity contribution >= 4 is 23.7 Å². The maximum atomic E-state index is 12.9. The second-order valence-corrected chi connectivity index (χ2v) is 8.24. The quantitative estimate of drug-likeness (QED) is 0.570. The van der Waals surface area contributed by atoms with Gasteiger partial charge >= 0.3 is 6.03 Å². The lowest BCUT2D eigenvalue weighted by atomic mass is 10.1. The molecule has 1 fully saturated rings. The molecule has 154 valence electrons. The summed E-state index contributed by atoms with van der Waals surface area (Å²) in [5.74, 6) is 0.984. The van der Waals surface area contributed by atoms with Crippen LogP contribution in [-0.4, -0.2) is 33.8 Å². The first-order valence-electron chi connectivity index (χ1n) is 9.87. The molecule has 0 bridgehead atoms. The van der Waals surface area contributed by atoms with Crippen molar-refractivity contribution < 1.29 is 9.59 Å². The summed E-state index contributed by atoms with van der Waals surface area (Å²) in [6.45, 7) is 0.639. The molecule has 7 nitrogen and oxygen atoms in total. The number of hydrogen-bond acceptors (Lipinski definition) is 5. The van der Waals surface area contributed by atoms with Crippen LogP contribution in [0.1, 0.15) is 41.0 Å². The van der Waals surface area contributed by atoms with Crippen LogP contribution in [0.5, 0.6) is 0 Å². The van der Waals surface area contributed by atoms with Crippen molar-refractivity contribution in [3.63, 3.8) is 0 Å². The van der Waals surface area contributed by atoms with E-state index in [4.69, 9.17) is 0 Å². The number of aromatic nitrogens is 3. The highest BCUT2D eigenvalue weighted by Gasteiger charge is 2.32. The lowest BCUT2D eigenvalue weighted by Gasteiger charge is -2.17. The van der Waals surface area contributed by atoms with E-state index in [9.17, 15) is 9.59 Å². The fourth-order valence-electron chi connectivity index (χ4n) is 3.19. The molecule has 2 aromatic carbocycles. The smallest absolute Gasteiger partial charge is 0.321 e. The Kier molecular flexibility index (Phi) is 6.13. The summed E-state index contributed by atoms with van der Waals surface area (Å²) in [6, 6.07) is 19.0. The Bertz CT molecular complexity index is 1020. The van der Waals surface area contributed by atoms with E-state index in [0.29, 0.717) is 17.6 Å². The highest BCUT2D eigenvalue weighted by molar-refractivity contribution is 8.00. The van der Waals surface area contributed by atoms with Crippen LogP contribution < -0.4 is 10.6 Å². The molecule has 0 aliphatic heterocycles. The summed E-state index contributed by atoms with van der Waals surface area (Å²) in [6.07, 6.45) is 2.22. The van der Waals surface area contributed by atoms with Crippen LogP contribution in [0, 0.1) is 0 Å².